The lowest BCUT2D eigenvalue weighted by Crippen LogP contribution is -2.11. The molecule has 1 aromatic carbocycles. The Morgan fingerprint density at radius 3 is 2.15 bits per heavy atom. The third-order valence-electron chi connectivity index (χ3n) is 1.80. The number of rotatable bonds is 0. The fourth-order valence-electron chi connectivity index (χ4n) is 1.14. The number of nitrogen functional groups attached to an aromatic ring is 1. The van der Waals surface area contributed by atoms with E-state index in [0.717, 1.165) is 10.2 Å². The summed E-state index contributed by atoms with van der Waals surface area (Å²) in [7, 11) is 0. The van der Waals surface area contributed by atoms with Gasteiger partial charge in [-0.3, -0.25) is 0 Å². The van der Waals surface area contributed by atoms with Crippen molar-refractivity contribution >= 4 is 34.0 Å². The number of hydrogen-bond donors (Lipinski definition) is 1. The van der Waals surface area contributed by atoms with Crippen molar-refractivity contribution in [3.63, 3.8) is 0 Å². The van der Waals surface area contributed by atoms with Crippen LogP contribution in [-0.2, 0) is 5.41 Å². The minimum Gasteiger partial charge on any atom is -0.399 e. The molecule has 0 aromatic heterocycles. The van der Waals surface area contributed by atoms with E-state index >= 15 is 0 Å². The topological polar surface area (TPSA) is 26.0 Å². The molecule has 0 amide bonds. The molecule has 0 bridgehead atoms. The highest BCUT2D eigenvalue weighted by Crippen LogP contribution is 2.30. The Morgan fingerprint density at radius 1 is 1.23 bits per heavy atom. The highest BCUT2D eigenvalue weighted by molar-refractivity contribution is 9.10. The maximum Gasteiger partial charge on any atom is 0.0325 e. The van der Waals surface area contributed by atoms with Crippen LogP contribution in [-0.4, -0.2) is 0 Å². The number of hydrogen-bond acceptors (Lipinski definition) is 1. The standard InChI is InChI=1S/C10H14BrN.ClH/c1-10(2,3)8-5-4-7(12)6-9(8)11;/h4-6H,12H2,1-3H3;1H. The predicted molar refractivity (Wildman–Crippen MR) is 64.5 cm³/mol. The van der Waals surface area contributed by atoms with Crippen LogP contribution in [0.5, 0.6) is 0 Å². The third-order valence-corrected chi connectivity index (χ3v) is 2.46. The summed E-state index contributed by atoms with van der Waals surface area (Å²) in [5, 5.41) is 0. The number of anilines is 1. The Hall–Kier alpha value is -0.210. The Morgan fingerprint density at radius 2 is 1.77 bits per heavy atom. The van der Waals surface area contributed by atoms with E-state index in [2.05, 4.69) is 42.8 Å². The summed E-state index contributed by atoms with van der Waals surface area (Å²) >= 11 is 3.50. The van der Waals surface area contributed by atoms with E-state index in [0.29, 0.717) is 0 Å². The second-order valence-electron chi connectivity index (χ2n) is 3.99. The van der Waals surface area contributed by atoms with Gasteiger partial charge in [0.2, 0.25) is 0 Å². The Labute approximate surface area is 94.3 Å². The third kappa shape index (κ3) is 3.20. The van der Waals surface area contributed by atoms with Gasteiger partial charge in [-0.05, 0) is 23.1 Å². The monoisotopic (exact) mass is 263 g/mol. The molecular weight excluding hydrogens is 249 g/mol. The van der Waals surface area contributed by atoms with Crippen molar-refractivity contribution in [2.45, 2.75) is 26.2 Å². The van der Waals surface area contributed by atoms with E-state index in [4.69, 9.17) is 5.73 Å². The van der Waals surface area contributed by atoms with Crippen molar-refractivity contribution in [3.8, 4) is 0 Å². The molecule has 0 radical (unpaired) electrons. The first-order chi connectivity index (χ1) is 5.41. The van der Waals surface area contributed by atoms with Crippen LogP contribution in [0, 0.1) is 0 Å². The molecule has 0 heterocycles. The average molecular weight is 265 g/mol. The van der Waals surface area contributed by atoms with Gasteiger partial charge in [0.1, 0.15) is 0 Å². The molecule has 2 N–H and O–H groups in total. The zero-order valence-electron chi connectivity index (χ0n) is 8.10. The molecule has 0 saturated carbocycles. The molecule has 74 valence electrons. The summed E-state index contributed by atoms with van der Waals surface area (Å²) in [6.07, 6.45) is 0. The number of nitrogens with two attached hydrogens (primary N) is 1. The molecule has 1 rings (SSSR count). The molecule has 0 unspecified atom stereocenters. The Kier molecular flexibility index (Phi) is 4.27. The van der Waals surface area contributed by atoms with Crippen molar-refractivity contribution in [2.75, 3.05) is 5.73 Å². The van der Waals surface area contributed by atoms with Gasteiger partial charge in [0, 0.05) is 10.2 Å². The van der Waals surface area contributed by atoms with Crippen LogP contribution in [0.4, 0.5) is 5.69 Å². The molecule has 0 spiro atoms. The fourth-order valence-corrected chi connectivity index (χ4v) is 2.13. The van der Waals surface area contributed by atoms with Crippen molar-refractivity contribution in [3.05, 3.63) is 28.2 Å². The summed E-state index contributed by atoms with van der Waals surface area (Å²) < 4.78 is 1.09. The van der Waals surface area contributed by atoms with Gasteiger partial charge < -0.3 is 5.73 Å². The van der Waals surface area contributed by atoms with Gasteiger partial charge in [0.25, 0.3) is 0 Å². The van der Waals surface area contributed by atoms with Crippen LogP contribution >= 0.6 is 28.3 Å². The van der Waals surface area contributed by atoms with Crippen molar-refractivity contribution in [1.29, 1.82) is 0 Å². The average Bonchev–Trinajstić information content (AvgIpc) is 1.83. The number of benzene rings is 1. The highest BCUT2D eigenvalue weighted by Gasteiger charge is 2.16. The van der Waals surface area contributed by atoms with Gasteiger partial charge >= 0.3 is 0 Å². The van der Waals surface area contributed by atoms with Gasteiger partial charge in [0.05, 0.1) is 0 Å². The quantitative estimate of drug-likeness (QED) is 0.710. The number of halogens is 2. The van der Waals surface area contributed by atoms with Crippen LogP contribution in [0.1, 0.15) is 26.3 Å². The van der Waals surface area contributed by atoms with E-state index in [1.165, 1.54) is 5.56 Å². The van der Waals surface area contributed by atoms with Crippen LogP contribution in [0.2, 0.25) is 0 Å². The van der Waals surface area contributed by atoms with Gasteiger partial charge in [-0.2, -0.15) is 0 Å². The van der Waals surface area contributed by atoms with Crippen LogP contribution < -0.4 is 5.73 Å². The molecule has 13 heavy (non-hydrogen) atoms. The van der Waals surface area contributed by atoms with Crippen LogP contribution in [0.25, 0.3) is 0 Å². The van der Waals surface area contributed by atoms with E-state index in [9.17, 15) is 0 Å². The van der Waals surface area contributed by atoms with E-state index in [-0.39, 0.29) is 17.8 Å². The van der Waals surface area contributed by atoms with Crippen molar-refractivity contribution < 1.29 is 0 Å². The smallest absolute Gasteiger partial charge is 0.0325 e. The lowest BCUT2D eigenvalue weighted by molar-refractivity contribution is 0.587. The van der Waals surface area contributed by atoms with E-state index in [1.54, 1.807) is 0 Å². The maximum absolute atomic E-state index is 5.64. The molecule has 0 aliphatic heterocycles. The minimum absolute atomic E-state index is 0. The normalized spacial score (nSPS) is 10.8. The second kappa shape index (κ2) is 4.34. The van der Waals surface area contributed by atoms with Crippen LogP contribution in [0.3, 0.4) is 0 Å². The largest absolute Gasteiger partial charge is 0.399 e. The Balaban J connectivity index is 0.00000144. The molecule has 0 saturated heterocycles. The SMILES string of the molecule is CC(C)(C)c1ccc(N)cc1Br.Cl. The molecule has 0 fully saturated rings. The lowest BCUT2D eigenvalue weighted by Gasteiger charge is -2.20. The summed E-state index contributed by atoms with van der Waals surface area (Å²) in [5.74, 6) is 0. The second-order valence-corrected chi connectivity index (χ2v) is 4.84. The summed E-state index contributed by atoms with van der Waals surface area (Å²) in [6, 6.07) is 5.95. The van der Waals surface area contributed by atoms with E-state index in [1.807, 2.05) is 12.1 Å². The van der Waals surface area contributed by atoms with Crippen LogP contribution in [0.15, 0.2) is 22.7 Å². The van der Waals surface area contributed by atoms with Gasteiger partial charge in [-0.15, -0.1) is 12.4 Å². The molecule has 1 aromatic rings. The highest BCUT2D eigenvalue weighted by atomic mass is 79.9. The summed E-state index contributed by atoms with van der Waals surface area (Å²) in [5.41, 5.74) is 7.90. The first-order valence-electron chi connectivity index (χ1n) is 3.97. The van der Waals surface area contributed by atoms with Crippen molar-refractivity contribution in [2.24, 2.45) is 0 Å². The van der Waals surface area contributed by atoms with Gasteiger partial charge in [0.15, 0.2) is 0 Å². The molecule has 0 atom stereocenters. The summed E-state index contributed by atoms with van der Waals surface area (Å²) in [6.45, 7) is 6.55. The predicted octanol–water partition coefficient (Wildman–Crippen LogP) is 3.75. The first-order valence-corrected chi connectivity index (χ1v) is 4.76. The zero-order chi connectivity index (χ0) is 9.35. The fraction of sp³-hybridized carbons (Fsp3) is 0.400. The molecule has 0 aliphatic rings. The summed E-state index contributed by atoms with van der Waals surface area (Å²) in [4.78, 5) is 0. The molecule has 1 nitrogen and oxygen atoms in total. The molecule has 0 aliphatic carbocycles. The van der Waals surface area contributed by atoms with Crippen molar-refractivity contribution in [1.82, 2.24) is 0 Å². The first kappa shape index (κ1) is 12.8. The van der Waals surface area contributed by atoms with Gasteiger partial charge in [-0.1, -0.05) is 42.8 Å². The molecule has 3 heteroatoms. The molecular formula is C10H15BrClN. The maximum atomic E-state index is 5.64. The van der Waals surface area contributed by atoms with E-state index < -0.39 is 0 Å². The minimum atomic E-state index is 0. The van der Waals surface area contributed by atoms with Gasteiger partial charge in [-0.25, -0.2) is 0 Å². The zero-order valence-corrected chi connectivity index (χ0v) is 10.5. The Bertz CT molecular complexity index is 291. The lowest BCUT2D eigenvalue weighted by atomic mass is 9.87.